The SMILES string of the molecule is CC(C)=CCC(O)C(C)C1CCC2(C)C3=C(CCC12C)C1(C)CCC(O)C(C)(C)C1CC3=O. The van der Waals surface area contributed by atoms with E-state index in [1.54, 1.807) is 0 Å². The molecule has 0 bridgehead atoms. The van der Waals surface area contributed by atoms with E-state index in [-0.39, 0.29) is 45.7 Å². The summed E-state index contributed by atoms with van der Waals surface area (Å²) < 4.78 is 0. The second-order valence-corrected chi connectivity index (χ2v) is 13.7. The van der Waals surface area contributed by atoms with Crippen molar-refractivity contribution in [2.45, 2.75) is 119 Å². The highest BCUT2D eigenvalue weighted by atomic mass is 16.3. The first-order valence-corrected chi connectivity index (χ1v) is 13.5. The molecule has 4 rings (SSSR count). The number of carbonyl (C=O) groups is 1. The molecular formula is C30H48O3. The number of aliphatic hydroxyl groups excluding tert-OH is 2. The van der Waals surface area contributed by atoms with Crippen molar-refractivity contribution in [1.29, 1.82) is 0 Å². The Morgan fingerprint density at radius 3 is 2.39 bits per heavy atom. The molecule has 0 aromatic carbocycles. The van der Waals surface area contributed by atoms with Crippen molar-refractivity contribution in [3.8, 4) is 0 Å². The van der Waals surface area contributed by atoms with E-state index in [9.17, 15) is 15.0 Å². The van der Waals surface area contributed by atoms with Crippen LogP contribution in [0, 0.1) is 39.4 Å². The number of ketones is 1. The minimum Gasteiger partial charge on any atom is -0.393 e. The van der Waals surface area contributed by atoms with Crippen molar-refractivity contribution in [1.82, 2.24) is 0 Å². The molecule has 0 aromatic rings. The fourth-order valence-corrected chi connectivity index (χ4v) is 9.07. The predicted molar refractivity (Wildman–Crippen MR) is 135 cm³/mol. The van der Waals surface area contributed by atoms with Crippen LogP contribution in [0.3, 0.4) is 0 Å². The molecule has 3 nitrogen and oxygen atoms in total. The molecular weight excluding hydrogens is 408 g/mol. The van der Waals surface area contributed by atoms with Crippen molar-refractivity contribution in [2.24, 2.45) is 39.4 Å². The maximum atomic E-state index is 13.9. The molecule has 8 atom stereocenters. The summed E-state index contributed by atoms with van der Waals surface area (Å²) in [5, 5.41) is 21.8. The van der Waals surface area contributed by atoms with Gasteiger partial charge in [-0.2, -0.15) is 0 Å². The molecule has 3 heteroatoms. The zero-order valence-corrected chi connectivity index (χ0v) is 22.4. The van der Waals surface area contributed by atoms with Crippen LogP contribution in [0.4, 0.5) is 0 Å². The molecule has 0 saturated heterocycles. The molecule has 2 saturated carbocycles. The van der Waals surface area contributed by atoms with Gasteiger partial charge < -0.3 is 10.2 Å². The second-order valence-electron chi connectivity index (χ2n) is 13.7. The third kappa shape index (κ3) is 3.46. The molecule has 33 heavy (non-hydrogen) atoms. The molecule has 4 aliphatic rings. The Bertz CT molecular complexity index is 877. The Kier molecular flexibility index (Phi) is 6.14. The molecule has 0 spiro atoms. The summed E-state index contributed by atoms with van der Waals surface area (Å²) in [6, 6.07) is 0. The lowest BCUT2D eigenvalue weighted by Crippen LogP contribution is -2.57. The normalized spacial score (nSPS) is 43.9. The van der Waals surface area contributed by atoms with E-state index in [2.05, 4.69) is 61.5 Å². The van der Waals surface area contributed by atoms with E-state index in [1.165, 1.54) is 11.1 Å². The topological polar surface area (TPSA) is 57.5 Å². The first kappa shape index (κ1) is 25.2. The van der Waals surface area contributed by atoms with Crippen LogP contribution >= 0.6 is 0 Å². The van der Waals surface area contributed by atoms with Crippen LogP contribution in [0.5, 0.6) is 0 Å². The maximum Gasteiger partial charge on any atom is 0.159 e. The van der Waals surface area contributed by atoms with Gasteiger partial charge in [0.05, 0.1) is 12.2 Å². The zero-order chi connectivity index (χ0) is 24.6. The largest absolute Gasteiger partial charge is 0.393 e. The van der Waals surface area contributed by atoms with Gasteiger partial charge in [-0.05, 0) is 92.8 Å². The van der Waals surface area contributed by atoms with Gasteiger partial charge in [0, 0.05) is 17.4 Å². The van der Waals surface area contributed by atoms with E-state index in [4.69, 9.17) is 0 Å². The third-order valence-electron chi connectivity index (χ3n) is 11.6. The van der Waals surface area contributed by atoms with Gasteiger partial charge in [-0.3, -0.25) is 4.79 Å². The van der Waals surface area contributed by atoms with Crippen molar-refractivity contribution >= 4 is 5.78 Å². The average Bonchev–Trinajstić information content (AvgIpc) is 3.01. The highest BCUT2D eigenvalue weighted by Gasteiger charge is 2.65. The average molecular weight is 457 g/mol. The Labute approximate surface area is 202 Å². The number of Topliss-reactive ketones (excluding diaryl/α,β-unsaturated/α-hetero) is 1. The van der Waals surface area contributed by atoms with Gasteiger partial charge in [0.25, 0.3) is 0 Å². The van der Waals surface area contributed by atoms with Crippen LogP contribution in [-0.4, -0.2) is 28.2 Å². The molecule has 186 valence electrons. The van der Waals surface area contributed by atoms with Crippen LogP contribution in [0.25, 0.3) is 0 Å². The number of carbonyl (C=O) groups excluding carboxylic acids is 1. The number of aliphatic hydroxyl groups is 2. The van der Waals surface area contributed by atoms with Gasteiger partial charge in [-0.25, -0.2) is 0 Å². The molecule has 0 radical (unpaired) electrons. The zero-order valence-electron chi connectivity index (χ0n) is 22.4. The lowest BCUT2D eigenvalue weighted by atomic mass is 9.43. The minimum absolute atomic E-state index is 0.0168. The van der Waals surface area contributed by atoms with Crippen molar-refractivity contribution in [2.75, 3.05) is 0 Å². The van der Waals surface area contributed by atoms with Gasteiger partial charge >= 0.3 is 0 Å². The standard InChI is InChI=1S/C30H48O3/c1-18(2)9-10-22(31)19(3)20-11-16-30(8)26-21(12-15-29(20,30)7)28(6)14-13-25(33)27(4,5)24(28)17-23(26)32/h9,19-20,22,24-25,31,33H,10-17H2,1-8H3. The van der Waals surface area contributed by atoms with Gasteiger partial charge in [-0.1, -0.05) is 58.8 Å². The van der Waals surface area contributed by atoms with Crippen molar-refractivity contribution in [3.05, 3.63) is 22.8 Å². The number of hydrogen-bond acceptors (Lipinski definition) is 3. The van der Waals surface area contributed by atoms with E-state index < -0.39 is 0 Å². The first-order chi connectivity index (χ1) is 15.2. The van der Waals surface area contributed by atoms with E-state index in [0.717, 1.165) is 50.5 Å². The number of hydrogen-bond donors (Lipinski definition) is 2. The molecule has 0 aromatic heterocycles. The third-order valence-corrected chi connectivity index (χ3v) is 11.6. The maximum absolute atomic E-state index is 13.9. The van der Waals surface area contributed by atoms with Gasteiger partial charge in [-0.15, -0.1) is 0 Å². The molecule has 0 aliphatic heterocycles. The monoisotopic (exact) mass is 456 g/mol. The number of fused-ring (bicyclic) bond motifs is 4. The van der Waals surface area contributed by atoms with Crippen LogP contribution in [0.2, 0.25) is 0 Å². The lowest BCUT2D eigenvalue weighted by Gasteiger charge is -2.61. The van der Waals surface area contributed by atoms with Crippen molar-refractivity contribution in [3.63, 3.8) is 0 Å². The number of allylic oxidation sites excluding steroid dienone is 3. The second kappa shape index (κ2) is 8.05. The fourth-order valence-electron chi connectivity index (χ4n) is 9.07. The lowest BCUT2D eigenvalue weighted by molar-refractivity contribution is -0.134. The predicted octanol–water partition coefficient (Wildman–Crippen LogP) is 6.63. The van der Waals surface area contributed by atoms with Crippen LogP contribution < -0.4 is 0 Å². The Morgan fingerprint density at radius 2 is 1.76 bits per heavy atom. The summed E-state index contributed by atoms with van der Waals surface area (Å²) in [6.07, 6.45) is 8.86. The first-order valence-electron chi connectivity index (χ1n) is 13.5. The minimum atomic E-state index is -0.330. The summed E-state index contributed by atoms with van der Waals surface area (Å²) in [5.74, 6) is 1.22. The van der Waals surface area contributed by atoms with Crippen LogP contribution in [0.15, 0.2) is 22.8 Å². The smallest absolute Gasteiger partial charge is 0.159 e. The Balaban J connectivity index is 1.72. The van der Waals surface area contributed by atoms with E-state index in [1.807, 2.05) is 0 Å². The summed E-state index contributed by atoms with van der Waals surface area (Å²) in [6.45, 7) is 18.0. The van der Waals surface area contributed by atoms with Gasteiger partial charge in [0.1, 0.15) is 0 Å². The summed E-state index contributed by atoms with van der Waals surface area (Å²) >= 11 is 0. The summed E-state index contributed by atoms with van der Waals surface area (Å²) in [4.78, 5) is 13.9. The van der Waals surface area contributed by atoms with Gasteiger partial charge in [0.2, 0.25) is 0 Å². The van der Waals surface area contributed by atoms with Crippen LogP contribution in [-0.2, 0) is 4.79 Å². The fraction of sp³-hybridized carbons (Fsp3) is 0.833. The highest BCUT2D eigenvalue weighted by Crippen LogP contribution is 2.71. The van der Waals surface area contributed by atoms with Crippen molar-refractivity contribution < 1.29 is 15.0 Å². The molecule has 4 aliphatic carbocycles. The molecule has 2 N–H and O–H groups in total. The van der Waals surface area contributed by atoms with E-state index in [0.29, 0.717) is 18.1 Å². The summed E-state index contributed by atoms with van der Waals surface area (Å²) in [7, 11) is 0. The Hall–Kier alpha value is -0.930. The Morgan fingerprint density at radius 1 is 1.09 bits per heavy atom. The molecule has 2 fully saturated rings. The molecule has 8 unspecified atom stereocenters. The molecule has 0 heterocycles. The highest BCUT2D eigenvalue weighted by molar-refractivity contribution is 5.99. The number of rotatable bonds is 4. The van der Waals surface area contributed by atoms with E-state index >= 15 is 0 Å². The van der Waals surface area contributed by atoms with Gasteiger partial charge in [0.15, 0.2) is 5.78 Å². The molecule has 0 amide bonds. The quantitative estimate of drug-likeness (QED) is 0.467. The summed E-state index contributed by atoms with van der Waals surface area (Å²) in [5.41, 5.74) is 3.57. The van der Waals surface area contributed by atoms with Crippen LogP contribution in [0.1, 0.15) is 107 Å².